The lowest BCUT2D eigenvalue weighted by Crippen LogP contribution is -2.36. The highest BCUT2D eigenvalue weighted by molar-refractivity contribution is 7.89. The second kappa shape index (κ2) is 8.37. The van der Waals surface area contributed by atoms with Gasteiger partial charge in [-0.25, -0.2) is 18.1 Å². The topological polar surface area (TPSA) is 97.2 Å². The molecule has 8 nitrogen and oxygen atoms in total. The molecule has 0 spiro atoms. The Kier molecular flexibility index (Phi) is 5.65. The van der Waals surface area contributed by atoms with E-state index in [0.717, 1.165) is 24.9 Å². The molecule has 1 saturated heterocycles. The first-order chi connectivity index (χ1) is 14.4. The number of nitrogens with zero attached hydrogens (tertiary/aromatic N) is 4. The number of aryl methyl sites for hydroxylation is 1. The zero-order valence-electron chi connectivity index (χ0n) is 16.7. The Morgan fingerprint density at radius 3 is 2.43 bits per heavy atom. The number of hydrogen-bond acceptors (Lipinski definition) is 5. The molecular weight excluding hydrogens is 402 g/mol. The van der Waals surface area contributed by atoms with Crippen LogP contribution in [0.5, 0.6) is 0 Å². The molecule has 0 saturated carbocycles. The van der Waals surface area contributed by atoms with Crippen molar-refractivity contribution in [1.29, 1.82) is 0 Å². The van der Waals surface area contributed by atoms with E-state index in [4.69, 9.17) is 0 Å². The minimum atomic E-state index is -3.58. The molecule has 0 bridgehead atoms. The van der Waals surface area contributed by atoms with Gasteiger partial charge < -0.3 is 5.32 Å². The van der Waals surface area contributed by atoms with Crippen molar-refractivity contribution in [2.24, 2.45) is 0 Å². The van der Waals surface area contributed by atoms with Crippen molar-refractivity contribution < 1.29 is 13.2 Å². The summed E-state index contributed by atoms with van der Waals surface area (Å²) in [6.07, 6.45) is 5.81. The lowest BCUT2D eigenvalue weighted by Gasteiger charge is -2.26. The van der Waals surface area contributed by atoms with Crippen molar-refractivity contribution in [2.75, 3.05) is 18.4 Å². The van der Waals surface area contributed by atoms with Crippen LogP contribution in [0.3, 0.4) is 0 Å². The SMILES string of the molecule is Cc1ccc(NC(=O)c2ccc(-n3cncn3)cc2)cc1S(=O)(=O)N1CCCCC1. The molecule has 0 radical (unpaired) electrons. The van der Waals surface area contributed by atoms with E-state index < -0.39 is 10.0 Å². The monoisotopic (exact) mass is 425 g/mol. The summed E-state index contributed by atoms with van der Waals surface area (Å²) < 4.78 is 29.3. The molecule has 2 heterocycles. The van der Waals surface area contributed by atoms with Gasteiger partial charge in [0.25, 0.3) is 5.91 Å². The third kappa shape index (κ3) is 4.12. The van der Waals surface area contributed by atoms with Crippen molar-refractivity contribution in [3.63, 3.8) is 0 Å². The van der Waals surface area contributed by atoms with Gasteiger partial charge in [-0.15, -0.1) is 0 Å². The molecule has 30 heavy (non-hydrogen) atoms. The largest absolute Gasteiger partial charge is 0.322 e. The van der Waals surface area contributed by atoms with Crippen LogP contribution in [0.25, 0.3) is 5.69 Å². The molecule has 156 valence electrons. The number of anilines is 1. The van der Waals surface area contributed by atoms with E-state index in [-0.39, 0.29) is 10.8 Å². The number of benzene rings is 2. The third-order valence-corrected chi connectivity index (χ3v) is 7.23. The van der Waals surface area contributed by atoms with Crippen LogP contribution in [0.15, 0.2) is 60.0 Å². The van der Waals surface area contributed by atoms with Crippen molar-refractivity contribution in [3.8, 4) is 5.69 Å². The van der Waals surface area contributed by atoms with Crippen molar-refractivity contribution >= 4 is 21.6 Å². The van der Waals surface area contributed by atoms with Gasteiger partial charge in [-0.3, -0.25) is 4.79 Å². The summed E-state index contributed by atoms with van der Waals surface area (Å²) in [6, 6.07) is 11.9. The first-order valence-electron chi connectivity index (χ1n) is 9.82. The summed E-state index contributed by atoms with van der Waals surface area (Å²) in [7, 11) is -3.58. The van der Waals surface area contributed by atoms with Crippen LogP contribution in [0.2, 0.25) is 0 Å². The predicted molar refractivity (Wildman–Crippen MR) is 113 cm³/mol. The molecule has 1 fully saturated rings. The number of carbonyl (C=O) groups is 1. The Bertz CT molecular complexity index is 1140. The molecule has 4 rings (SSSR count). The molecule has 9 heteroatoms. The highest BCUT2D eigenvalue weighted by atomic mass is 32.2. The van der Waals surface area contributed by atoms with Crippen molar-refractivity contribution in [1.82, 2.24) is 19.1 Å². The van der Waals surface area contributed by atoms with Crippen molar-refractivity contribution in [3.05, 3.63) is 66.2 Å². The number of nitrogens with one attached hydrogen (secondary N) is 1. The molecule has 3 aromatic rings. The number of carbonyl (C=O) groups excluding carboxylic acids is 1. The van der Waals surface area contributed by atoms with Gasteiger partial charge in [0, 0.05) is 24.3 Å². The standard InChI is InChI=1S/C21H23N5O3S/c1-16-5-8-18(13-20(16)30(28,29)25-11-3-2-4-12-25)24-21(27)17-6-9-19(10-7-17)26-15-22-14-23-26/h5-10,13-15H,2-4,11-12H2,1H3,(H,24,27). The fraction of sp³-hybridized carbons (Fsp3) is 0.286. The van der Waals surface area contributed by atoms with E-state index in [1.165, 1.54) is 10.6 Å². The molecular formula is C21H23N5O3S. The van der Waals surface area contributed by atoms with Crippen LogP contribution >= 0.6 is 0 Å². The first-order valence-corrected chi connectivity index (χ1v) is 11.3. The van der Waals surface area contributed by atoms with E-state index in [9.17, 15) is 13.2 Å². The van der Waals surface area contributed by atoms with E-state index in [1.807, 2.05) is 0 Å². The molecule has 0 atom stereocenters. The van der Waals surface area contributed by atoms with Crippen LogP contribution in [0.4, 0.5) is 5.69 Å². The number of hydrogen-bond donors (Lipinski definition) is 1. The molecule has 0 aliphatic carbocycles. The van der Waals surface area contributed by atoms with Gasteiger partial charge in [0.2, 0.25) is 10.0 Å². The summed E-state index contributed by atoms with van der Waals surface area (Å²) in [5.41, 5.74) is 2.35. The number of sulfonamides is 1. The lowest BCUT2D eigenvalue weighted by atomic mass is 10.1. The number of aromatic nitrogens is 3. The summed E-state index contributed by atoms with van der Waals surface area (Å²) in [6.45, 7) is 2.85. The zero-order chi connectivity index (χ0) is 21.1. The molecule has 2 aromatic carbocycles. The van der Waals surface area contributed by atoms with E-state index in [2.05, 4.69) is 15.4 Å². The average Bonchev–Trinajstić information content (AvgIpc) is 3.31. The number of piperidine rings is 1. The lowest BCUT2D eigenvalue weighted by molar-refractivity contribution is 0.102. The Morgan fingerprint density at radius 1 is 1.03 bits per heavy atom. The minimum absolute atomic E-state index is 0.240. The number of amides is 1. The highest BCUT2D eigenvalue weighted by Gasteiger charge is 2.27. The summed E-state index contributed by atoms with van der Waals surface area (Å²) in [5, 5.41) is 6.85. The van der Waals surface area contributed by atoms with Gasteiger partial charge in [0.1, 0.15) is 12.7 Å². The van der Waals surface area contributed by atoms with Gasteiger partial charge in [-0.05, 0) is 61.7 Å². The molecule has 1 aliphatic rings. The van der Waals surface area contributed by atoms with Crippen LogP contribution in [0.1, 0.15) is 35.2 Å². The van der Waals surface area contributed by atoms with Crippen LogP contribution < -0.4 is 5.32 Å². The molecule has 1 aromatic heterocycles. The van der Waals surface area contributed by atoms with Crippen LogP contribution in [-0.4, -0.2) is 46.5 Å². The Hall–Kier alpha value is -3.04. The van der Waals surface area contributed by atoms with Gasteiger partial charge in [-0.2, -0.15) is 9.40 Å². The second-order valence-corrected chi connectivity index (χ2v) is 9.19. The van der Waals surface area contributed by atoms with Crippen molar-refractivity contribution in [2.45, 2.75) is 31.1 Å². The maximum absolute atomic E-state index is 13.1. The first kappa shape index (κ1) is 20.2. The molecule has 1 aliphatic heterocycles. The summed E-state index contributed by atoms with van der Waals surface area (Å²) in [4.78, 5) is 16.8. The van der Waals surface area contributed by atoms with E-state index in [0.29, 0.717) is 29.9 Å². The number of rotatable bonds is 5. The van der Waals surface area contributed by atoms with Gasteiger partial charge in [0.05, 0.1) is 10.6 Å². The molecule has 1 N–H and O–H groups in total. The van der Waals surface area contributed by atoms with Gasteiger partial charge in [0.15, 0.2) is 0 Å². The van der Waals surface area contributed by atoms with E-state index >= 15 is 0 Å². The highest BCUT2D eigenvalue weighted by Crippen LogP contribution is 2.26. The summed E-state index contributed by atoms with van der Waals surface area (Å²) >= 11 is 0. The average molecular weight is 426 g/mol. The Labute approximate surface area is 175 Å². The fourth-order valence-electron chi connectivity index (χ4n) is 3.51. The third-order valence-electron chi connectivity index (χ3n) is 5.19. The van der Waals surface area contributed by atoms with E-state index in [1.54, 1.807) is 60.4 Å². The second-order valence-electron chi connectivity index (χ2n) is 7.29. The summed E-state index contributed by atoms with van der Waals surface area (Å²) in [5.74, 6) is -0.315. The maximum atomic E-state index is 13.1. The smallest absolute Gasteiger partial charge is 0.255 e. The van der Waals surface area contributed by atoms with Crippen LogP contribution in [-0.2, 0) is 10.0 Å². The fourth-order valence-corrected chi connectivity index (χ4v) is 5.28. The predicted octanol–water partition coefficient (Wildman–Crippen LogP) is 3.00. The van der Waals surface area contributed by atoms with Crippen LogP contribution in [0, 0.1) is 6.92 Å². The Balaban J connectivity index is 1.53. The zero-order valence-corrected chi connectivity index (χ0v) is 17.5. The normalized spacial score (nSPS) is 15.1. The maximum Gasteiger partial charge on any atom is 0.255 e. The molecule has 1 amide bonds. The Morgan fingerprint density at radius 2 is 1.77 bits per heavy atom. The van der Waals surface area contributed by atoms with Gasteiger partial charge in [-0.1, -0.05) is 12.5 Å². The quantitative estimate of drug-likeness (QED) is 0.678. The minimum Gasteiger partial charge on any atom is -0.322 e. The molecule has 0 unspecified atom stereocenters. The van der Waals surface area contributed by atoms with Gasteiger partial charge >= 0.3 is 0 Å².